The highest BCUT2D eigenvalue weighted by atomic mass is 32.2. The molecule has 0 atom stereocenters. The van der Waals surface area contributed by atoms with E-state index in [0.29, 0.717) is 28.9 Å². The lowest BCUT2D eigenvalue weighted by atomic mass is 10.0. The first-order valence-corrected chi connectivity index (χ1v) is 14.9. The van der Waals surface area contributed by atoms with E-state index in [4.69, 9.17) is 9.40 Å². The Balaban J connectivity index is 1.68. The first-order valence-electron chi connectivity index (χ1n) is 13.0. The summed E-state index contributed by atoms with van der Waals surface area (Å²) >= 11 is 0. The van der Waals surface area contributed by atoms with Crippen LogP contribution in [0.25, 0.3) is 28.5 Å². The molecular formula is C31H33N3O4S. The highest BCUT2D eigenvalue weighted by Crippen LogP contribution is 2.47. The number of anilines is 1. The lowest BCUT2D eigenvalue weighted by molar-refractivity contribution is 0.0829. The van der Waals surface area contributed by atoms with Crippen LogP contribution in [0.4, 0.5) is 5.82 Å². The van der Waals surface area contributed by atoms with Crippen molar-refractivity contribution in [1.29, 1.82) is 0 Å². The van der Waals surface area contributed by atoms with Gasteiger partial charge in [-0.15, -0.1) is 0 Å². The summed E-state index contributed by atoms with van der Waals surface area (Å²) in [5.74, 6) is 0.792. The number of pyridine rings is 1. The molecule has 0 spiro atoms. The Morgan fingerprint density at radius 3 is 2.44 bits per heavy atom. The number of rotatable bonds is 9. The number of hydrogen-bond donors (Lipinski definition) is 0. The first-order chi connectivity index (χ1) is 18.6. The number of fused-ring (bicyclic) bond motifs is 1. The number of aryl methyl sites for hydroxylation is 1. The summed E-state index contributed by atoms with van der Waals surface area (Å²) in [6.45, 7) is 6.10. The van der Waals surface area contributed by atoms with Crippen LogP contribution < -0.4 is 4.31 Å². The highest BCUT2D eigenvalue weighted by molar-refractivity contribution is 7.92. The van der Waals surface area contributed by atoms with Crippen LogP contribution in [0.1, 0.15) is 51.4 Å². The van der Waals surface area contributed by atoms with E-state index in [1.807, 2.05) is 61.5 Å². The van der Waals surface area contributed by atoms with E-state index >= 15 is 0 Å². The lowest BCUT2D eigenvalue weighted by Crippen LogP contribution is -2.33. The Kier molecular flexibility index (Phi) is 7.07. The van der Waals surface area contributed by atoms with Crippen molar-refractivity contribution in [1.82, 2.24) is 9.88 Å². The highest BCUT2D eigenvalue weighted by Gasteiger charge is 2.34. The number of carbonyl (C=O) groups is 1. The summed E-state index contributed by atoms with van der Waals surface area (Å²) in [6.07, 6.45) is 5.36. The zero-order chi connectivity index (χ0) is 27.9. The Hall–Kier alpha value is -3.91. The van der Waals surface area contributed by atoms with Gasteiger partial charge in [-0.2, -0.15) is 4.98 Å². The molecular weight excluding hydrogens is 510 g/mol. The lowest BCUT2D eigenvalue weighted by Gasteiger charge is -2.24. The van der Waals surface area contributed by atoms with Crippen LogP contribution in [-0.4, -0.2) is 51.1 Å². The van der Waals surface area contributed by atoms with Crippen molar-refractivity contribution in [2.75, 3.05) is 31.2 Å². The van der Waals surface area contributed by atoms with E-state index in [9.17, 15) is 13.2 Å². The number of sulfonamides is 1. The summed E-state index contributed by atoms with van der Waals surface area (Å²) in [7, 11) is -0.257. The molecule has 5 rings (SSSR count). The molecule has 0 aliphatic heterocycles. The number of aromatic nitrogens is 1. The van der Waals surface area contributed by atoms with Gasteiger partial charge in [0.25, 0.3) is 5.91 Å². The Morgan fingerprint density at radius 2 is 1.82 bits per heavy atom. The van der Waals surface area contributed by atoms with Gasteiger partial charge >= 0.3 is 0 Å². The van der Waals surface area contributed by atoms with Crippen molar-refractivity contribution in [2.45, 2.75) is 32.1 Å². The van der Waals surface area contributed by atoms with Crippen LogP contribution in [0.15, 0.2) is 65.6 Å². The van der Waals surface area contributed by atoms with Crippen LogP contribution >= 0.6 is 0 Å². The monoisotopic (exact) mass is 543 g/mol. The molecule has 1 aliphatic rings. The smallest absolute Gasteiger partial charge is 0.257 e. The molecule has 1 aliphatic carbocycles. The number of nitrogens with zero attached hydrogens (tertiary/aromatic N) is 3. The summed E-state index contributed by atoms with van der Waals surface area (Å²) < 4.78 is 33.9. The van der Waals surface area contributed by atoms with E-state index in [2.05, 4.69) is 6.58 Å². The maximum absolute atomic E-state index is 13.4. The minimum Gasteiger partial charge on any atom is -0.437 e. The standard InChI is InChI=1S/C31H33N3O4S/c1-6-21-9-7-8-10-22(21)17-18-34(39(5,36)37)29-25(23-15-16-23)19-26-27(31(35)33(3)4)28(38-30(26)32-29)24-13-11-20(2)12-14-24/h6-14,19,23H,1,15-18H2,2-5H3. The van der Waals surface area contributed by atoms with Crippen molar-refractivity contribution < 1.29 is 17.6 Å². The van der Waals surface area contributed by atoms with Gasteiger partial charge in [-0.05, 0) is 54.9 Å². The zero-order valence-electron chi connectivity index (χ0n) is 22.8. The van der Waals surface area contributed by atoms with Gasteiger partial charge < -0.3 is 9.32 Å². The van der Waals surface area contributed by atoms with Crippen LogP contribution in [0.2, 0.25) is 0 Å². The van der Waals surface area contributed by atoms with Gasteiger partial charge in [0.2, 0.25) is 15.7 Å². The van der Waals surface area contributed by atoms with Crippen molar-refractivity contribution in [2.24, 2.45) is 0 Å². The van der Waals surface area contributed by atoms with E-state index in [1.165, 1.54) is 15.5 Å². The number of carbonyl (C=O) groups excluding carboxylic acids is 1. The molecule has 8 heteroatoms. The molecule has 1 amide bonds. The molecule has 1 fully saturated rings. The Morgan fingerprint density at radius 1 is 1.13 bits per heavy atom. The summed E-state index contributed by atoms with van der Waals surface area (Å²) in [6, 6.07) is 17.5. The van der Waals surface area contributed by atoms with Crippen molar-refractivity contribution in [3.8, 4) is 11.3 Å². The molecule has 0 radical (unpaired) electrons. The number of benzene rings is 2. The third-order valence-electron chi connectivity index (χ3n) is 7.14. The van der Waals surface area contributed by atoms with E-state index in [1.54, 1.807) is 20.2 Å². The second-order valence-electron chi connectivity index (χ2n) is 10.4. The zero-order valence-corrected chi connectivity index (χ0v) is 23.6. The average molecular weight is 544 g/mol. The van der Waals surface area contributed by atoms with Crippen LogP contribution in [0.5, 0.6) is 0 Å². The SMILES string of the molecule is C=Cc1ccccc1CCN(c1nc2oc(-c3ccc(C)cc3)c(C(=O)N(C)C)c2cc1C1CC1)S(C)(=O)=O. The predicted molar refractivity (Wildman–Crippen MR) is 157 cm³/mol. The molecule has 202 valence electrons. The molecule has 4 aromatic rings. The quantitative estimate of drug-likeness (QED) is 0.257. The number of furan rings is 1. The fraction of sp³-hybridized carbons (Fsp3) is 0.290. The number of amides is 1. The second-order valence-corrected chi connectivity index (χ2v) is 12.3. The van der Waals surface area contributed by atoms with Gasteiger partial charge in [0.05, 0.1) is 17.2 Å². The maximum Gasteiger partial charge on any atom is 0.257 e. The van der Waals surface area contributed by atoms with Gasteiger partial charge in [-0.1, -0.05) is 66.7 Å². The van der Waals surface area contributed by atoms with E-state index in [0.717, 1.165) is 40.7 Å². The number of hydrogen-bond acceptors (Lipinski definition) is 5. The fourth-order valence-corrected chi connectivity index (χ4v) is 5.76. The molecule has 2 aromatic carbocycles. The average Bonchev–Trinajstić information content (AvgIpc) is 3.68. The van der Waals surface area contributed by atoms with Crippen molar-refractivity contribution >= 4 is 38.9 Å². The van der Waals surface area contributed by atoms with Crippen molar-refractivity contribution in [3.05, 3.63) is 89.0 Å². The maximum atomic E-state index is 13.4. The Labute approximate surface area is 229 Å². The van der Waals surface area contributed by atoms with E-state index < -0.39 is 10.0 Å². The summed E-state index contributed by atoms with van der Waals surface area (Å²) in [5, 5.41) is 0.598. The molecule has 0 unspecified atom stereocenters. The van der Waals surface area contributed by atoms with Gasteiger partial charge in [-0.3, -0.25) is 9.10 Å². The van der Waals surface area contributed by atoms with Gasteiger partial charge in [-0.25, -0.2) is 8.42 Å². The second kappa shape index (κ2) is 10.3. The minimum absolute atomic E-state index is 0.182. The Bertz CT molecular complexity index is 1670. The van der Waals surface area contributed by atoms with Crippen LogP contribution in [0.3, 0.4) is 0 Å². The minimum atomic E-state index is -3.67. The summed E-state index contributed by atoms with van der Waals surface area (Å²) in [5.41, 5.74) is 5.34. The van der Waals surface area contributed by atoms with Crippen LogP contribution in [-0.2, 0) is 16.4 Å². The molecule has 2 aromatic heterocycles. The molecule has 0 N–H and O–H groups in total. The third kappa shape index (κ3) is 5.34. The van der Waals surface area contributed by atoms with Crippen molar-refractivity contribution in [3.63, 3.8) is 0 Å². The first kappa shape index (κ1) is 26.7. The fourth-order valence-electron chi connectivity index (χ4n) is 4.88. The summed E-state index contributed by atoms with van der Waals surface area (Å²) in [4.78, 5) is 19.7. The van der Waals surface area contributed by atoms with E-state index in [-0.39, 0.29) is 24.1 Å². The van der Waals surface area contributed by atoms with Crippen LogP contribution in [0, 0.1) is 6.92 Å². The molecule has 0 bridgehead atoms. The molecule has 39 heavy (non-hydrogen) atoms. The van der Waals surface area contributed by atoms with Gasteiger partial charge in [0.1, 0.15) is 11.6 Å². The third-order valence-corrected chi connectivity index (χ3v) is 8.29. The molecule has 1 saturated carbocycles. The van der Waals surface area contributed by atoms with Gasteiger partial charge in [0.15, 0.2) is 0 Å². The topological polar surface area (TPSA) is 83.7 Å². The molecule has 7 nitrogen and oxygen atoms in total. The molecule has 0 saturated heterocycles. The normalized spacial score (nSPS) is 13.4. The predicted octanol–water partition coefficient (Wildman–Crippen LogP) is 6.03. The van der Waals surface area contributed by atoms with Gasteiger partial charge in [0, 0.05) is 26.2 Å². The largest absolute Gasteiger partial charge is 0.437 e. The molecule has 2 heterocycles.